The lowest BCUT2D eigenvalue weighted by Gasteiger charge is -2.09. The maximum Gasteiger partial charge on any atom is 0.213 e. The van der Waals surface area contributed by atoms with E-state index < -0.39 is 17.5 Å². The number of halogens is 3. The molecule has 0 aliphatic heterocycles. The SMILES string of the molecule is CCOc1cc(C=O)c(-c2ccc(F)c(F)c2F)cn1. The number of nitrogens with zero attached hydrogens (tertiary/aromatic N) is 1. The largest absolute Gasteiger partial charge is 0.478 e. The number of ether oxygens (including phenoxy) is 1. The summed E-state index contributed by atoms with van der Waals surface area (Å²) in [4.78, 5) is 14.9. The standard InChI is InChI=1S/C14H10F3NO2/c1-2-20-12-5-8(7-19)10(6-18-12)9-3-4-11(15)14(17)13(9)16/h3-7H,2H2,1H3. The normalized spacial score (nSPS) is 10.4. The molecule has 2 rings (SSSR count). The third-order valence-corrected chi connectivity index (χ3v) is 2.66. The first-order valence-corrected chi connectivity index (χ1v) is 5.80. The maximum absolute atomic E-state index is 13.7. The molecule has 1 aromatic heterocycles. The molecule has 3 nitrogen and oxygen atoms in total. The van der Waals surface area contributed by atoms with Crippen molar-refractivity contribution in [1.29, 1.82) is 0 Å². The minimum atomic E-state index is -1.59. The highest BCUT2D eigenvalue weighted by Crippen LogP contribution is 2.29. The van der Waals surface area contributed by atoms with E-state index in [9.17, 15) is 18.0 Å². The van der Waals surface area contributed by atoms with E-state index in [1.165, 1.54) is 12.3 Å². The average molecular weight is 281 g/mol. The first-order valence-electron chi connectivity index (χ1n) is 5.80. The topological polar surface area (TPSA) is 39.2 Å². The quantitative estimate of drug-likeness (QED) is 0.637. The van der Waals surface area contributed by atoms with Gasteiger partial charge in [0, 0.05) is 29.0 Å². The van der Waals surface area contributed by atoms with Gasteiger partial charge in [-0.2, -0.15) is 0 Å². The summed E-state index contributed by atoms with van der Waals surface area (Å²) in [5, 5.41) is 0. The lowest BCUT2D eigenvalue weighted by molar-refractivity contribution is 0.112. The third-order valence-electron chi connectivity index (χ3n) is 2.66. The van der Waals surface area contributed by atoms with Crippen molar-refractivity contribution in [3.8, 4) is 17.0 Å². The average Bonchev–Trinajstić information content (AvgIpc) is 2.46. The van der Waals surface area contributed by atoms with Crippen LogP contribution >= 0.6 is 0 Å². The monoisotopic (exact) mass is 281 g/mol. The molecule has 0 aliphatic rings. The summed E-state index contributed by atoms with van der Waals surface area (Å²) >= 11 is 0. The molecule has 0 N–H and O–H groups in total. The molecule has 0 amide bonds. The number of aromatic nitrogens is 1. The fourth-order valence-corrected chi connectivity index (χ4v) is 1.73. The molecule has 0 spiro atoms. The smallest absolute Gasteiger partial charge is 0.213 e. The van der Waals surface area contributed by atoms with Gasteiger partial charge in [0.15, 0.2) is 23.7 Å². The first kappa shape index (κ1) is 14.0. The number of benzene rings is 1. The van der Waals surface area contributed by atoms with Crippen LogP contribution in [0.25, 0.3) is 11.1 Å². The minimum Gasteiger partial charge on any atom is -0.478 e. The van der Waals surface area contributed by atoms with Crippen molar-refractivity contribution in [2.75, 3.05) is 6.61 Å². The number of hydrogen-bond acceptors (Lipinski definition) is 3. The summed E-state index contributed by atoms with van der Waals surface area (Å²) in [5.41, 5.74) is -0.0882. The van der Waals surface area contributed by atoms with Crippen LogP contribution in [0, 0.1) is 17.5 Å². The van der Waals surface area contributed by atoms with Crippen molar-refractivity contribution in [1.82, 2.24) is 4.98 Å². The minimum absolute atomic E-state index is 0.0693. The van der Waals surface area contributed by atoms with Gasteiger partial charge in [0.25, 0.3) is 0 Å². The van der Waals surface area contributed by atoms with E-state index in [4.69, 9.17) is 4.74 Å². The van der Waals surface area contributed by atoms with Gasteiger partial charge in [0.2, 0.25) is 5.88 Å². The second-order valence-corrected chi connectivity index (χ2v) is 3.88. The Labute approximate surface area is 113 Å². The summed E-state index contributed by atoms with van der Waals surface area (Å²) in [7, 11) is 0. The summed E-state index contributed by atoms with van der Waals surface area (Å²) in [6.07, 6.45) is 1.66. The van der Waals surface area contributed by atoms with E-state index >= 15 is 0 Å². The highest BCUT2D eigenvalue weighted by Gasteiger charge is 2.17. The van der Waals surface area contributed by atoms with E-state index in [1.807, 2.05) is 0 Å². The van der Waals surface area contributed by atoms with Crippen molar-refractivity contribution < 1.29 is 22.7 Å². The van der Waals surface area contributed by atoms with Gasteiger partial charge < -0.3 is 4.74 Å². The predicted molar refractivity (Wildman–Crippen MR) is 66.1 cm³/mol. The van der Waals surface area contributed by atoms with Gasteiger partial charge in [0.1, 0.15) is 0 Å². The Hall–Kier alpha value is -2.37. The fraction of sp³-hybridized carbons (Fsp3) is 0.143. The van der Waals surface area contributed by atoms with E-state index in [1.54, 1.807) is 6.92 Å². The molecule has 104 valence electrons. The van der Waals surface area contributed by atoms with E-state index in [-0.39, 0.29) is 22.6 Å². The molecule has 0 radical (unpaired) electrons. The molecular formula is C14H10F3NO2. The van der Waals surface area contributed by atoms with Crippen LogP contribution in [0.5, 0.6) is 5.88 Å². The molecule has 6 heteroatoms. The summed E-state index contributed by atoms with van der Waals surface area (Å²) in [5.74, 6) is -4.05. The maximum atomic E-state index is 13.7. The lowest BCUT2D eigenvalue weighted by Crippen LogP contribution is -2.00. The van der Waals surface area contributed by atoms with Crippen molar-refractivity contribution >= 4 is 6.29 Å². The summed E-state index contributed by atoms with van der Waals surface area (Å²) in [6.45, 7) is 2.09. The van der Waals surface area contributed by atoms with Gasteiger partial charge in [-0.15, -0.1) is 0 Å². The molecular weight excluding hydrogens is 271 g/mol. The zero-order valence-electron chi connectivity index (χ0n) is 10.5. The van der Waals surface area contributed by atoms with Crippen molar-refractivity contribution in [2.24, 2.45) is 0 Å². The van der Waals surface area contributed by atoms with Crippen LogP contribution in [-0.2, 0) is 0 Å². The van der Waals surface area contributed by atoms with Gasteiger partial charge >= 0.3 is 0 Å². The van der Waals surface area contributed by atoms with Crippen LogP contribution in [0.4, 0.5) is 13.2 Å². The van der Waals surface area contributed by atoms with Gasteiger partial charge in [0.05, 0.1) is 6.61 Å². The Morgan fingerprint density at radius 1 is 1.20 bits per heavy atom. The van der Waals surface area contributed by atoms with E-state index in [0.29, 0.717) is 12.9 Å². The number of carbonyl (C=O) groups is 1. The second-order valence-electron chi connectivity index (χ2n) is 3.88. The highest BCUT2D eigenvalue weighted by atomic mass is 19.2. The Balaban J connectivity index is 2.58. The van der Waals surface area contributed by atoms with Crippen LogP contribution in [0.15, 0.2) is 24.4 Å². The molecule has 0 aliphatic carbocycles. The molecule has 0 fully saturated rings. The summed E-state index contributed by atoms with van der Waals surface area (Å²) in [6, 6.07) is 3.16. The van der Waals surface area contributed by atoms with Gasteiger partial charge in [-0.3, -0.25) is 4.79 Å². The van der Waals surface area contributed by atoms with Gasteiger partial charge in [-0.1, -0.05) is 0 Å². The van der Waals surface area contributed by atoms with Crippen molar-refractivity contribution in [3.05, 3.63) is 47.4 Å². The van der Waals surface area contributed by atoms with E-state index in [0.717, 1.165) is 12.1 Å². The zero-order chi connectivity index (χ0) is 14.7. The molecule has 0 saturated carbocycles. The number of hydrogen-bond donors (Lipinski definition) is 0. The molecule has 20 heavy (non-hydrogen) atoms. The Morgan fingerprint density at radius 3 is 2.60 bits per heavy atom. The highest BCUT2D eigenvalue weighted by molar-refractivity contribution is 5.87. The second kappa shape index (κ2) is 5.73. The molecule has 0 unspecified atom stereocenters. The van der Waals surface area contributed by atoms with Crippen LogP contribution in [0.3, 0.4) is 0 Å². The van der Waals surface area contributed by atoms with Gasteiger partial charge in [-0.05, 0) is 19.1 Å². The summed E-state index contributed by atoms with van der Waals surface area (Å²) < 4.78 is 45.0. The molecule has 2 aromatic rings. The van der Waals surface area contributed by atoms with Crippen LogP contribution in [0.2, 0.25) is 0 Å². The lowest BCUT2D eigenvalue weighted by atomic mass is 10.0. The van der Waals surface area contributed by atoms with E-state index in [2.05, 4.69) is 4.98 Å². The number of aldehydes is 1. The van der Waals surface area contributed by atoms with Crippen molar-refractivity contribution in [2.45, 2.75) is 6.92 Å². The Bertz CT molecular complexity index is 659. The Morgan fingerprint density at radius 2 is 1.95 bits per heavy atom. The van der Waals surface area contributed by atoms with Gasteiger partial charge in [-0.25, -0.2) is 18.2 Å². The number of carbonyl (C=O) groups excluding carboxylic acids is 1. The van der Waals surface area contributed by atoms with Crippen LogP contribution < -0.4 is 4.74 Å². The van der Waals surface area contributed by atoms with Crippen LogP contribution in [-0.4, -0.2) is 17.9 Å². The predicted octanol–water partition coefficient (Wildman–Crippen LogP) is 3.38. The molecule has 0 bridgehead atoms. The number of pyridine rings is 1. The molecule has 0 saturated heterocycles. The molecule has 1 aromatic carbocycles. The third kappa shape index (κ3) is 2.49. The molecule has 1 heterocycles. The zero-order valence-corrected chi connectivity index (χ0v) is 10.5. The van der Waals surface area contributed by atoms with Crippen molar-refractivity contribution in [3.63, 3.8) is 0 Å². The Kier molecular flexibility index (Phi) is 4.02. The fourth-order valence-electron chi connectivity index (χ4n) is 1.73. The molecule has 0 atom stereocenters. The first-order chi connectivity index (χ1) is 9.58. The van der Waals surface area contributed by atoms with Crippen LogP contribution in [0.1, 0.15) is 17.3 Å². The number of rotatable bonds is 4.